The Kier molecular flexibility index (Phi) is 5.52. The molecule has 2 aromatic carbocycles. The van der Waals surface area contributed by atoms with Crippen molar-refractivity contribution < 1.29 is 27.4 Å². The SMILES string of the molecule is COc1cccc(C2CC(C(=O)Nc3cccc(OC(F)(F)F)c3)NN2)c1. The van der Waals surface area contributed by atoms with Crippen molar-refractivity contribution in [2.45, 2.75) is 24.9 Å². The van der Waals surface area contributed by atoms with Crippen LogP contribution >= 0.6 is 0 Å². The van der Waals surface area contributed by atoms with Crippen LogP contribution in [0.1, 0.15) is 18.0 Å². The third-order valence-electron chi connectivity index (χ3n) is 4.05. The topological polar surface area (TPSA) is 71.6 Å². The van der Waals surface area contributed by atoms with Crippen molar-refractivity contribution in [2.24, 2.45) is 0 Å². The summed E-state index contributed by atoms with van der Waals surface area (Å²) in [6.45, 7) is 0. The van der Waals surface area contributed by atoms with Crippen molar-refractivity contribution in [3.8, 4) is 11.5 Å². The molecule has 1 saturated heterocycles. The summed E-state index contributed by atoms with van der Waals surface area (Å²) in [6, 6.07) is 12.0. The second-order valence-corrected chi connectivity index (χ2v) is 5.97. The molecule has 6 nitrogen and oxygen atoms in total. The Morgan fingerprint density at radius 1 is 1.11 bits per heavy atom. The van der Waals surface area contributed by atoms with Crippen molar-refractivity contribution in [1.82, 2.24) is 10.9 Å². The molecule has 144 valence electrons. The summed E-state index contributed by atoms with van der Waals surface area (Å²) in [6.07, 6.45) is -4.32. The van der Waals surface area contributed by atoms with Crippen LogP contribution < -0.4 is 25.6 Å². The molecule has 0 saturated carbocycles. The number of anilines is 1. The number of alkyl halides is 3. The van der Waals surface area contributed by atoms with Gasteiger partial charge in [-0.15, -0.1) is 13.2 Å². The van der Waals surface area contributed by atoms with E-state index in [9.17, 15) is 18.0 Å². The smallest absolute Gasteiger partial charge is 0.497 e. The van der Waals surface area contributed by atoms with Crippen LogP contribution in [0, 0.1) is 0 Å². The Hall–Kier alpha value is -2.78. The molecule has 0 aromatic heterocycles. The number of hydrogen-bond donors (Lipinski definition) is 3. The molecule has 0 bridgehead atoms. The van der Waals surface area contributed by atoms with E-state index >= 15 is 0 Å². The summed E-state index contributed by atoms with van der Waals surface area (Å²) in [7, 11) is 1.58. The number of rotatable bonds is 5. The number of ether oxygens (including phenoxy) is 2. The zero-order valence-corrected chi connectivity index (χ0v) is 14.3. The first kappa shape index (κ1) is 19.0. The van der Waals surface area contributed by atoms with E-state index in [1.165, 1.54) is 12.1 Å². The highest BCUT2D eigenvalue weighted by molar-refractivity contribution is 5.95. The van der Waals surface area contributed by atoms with Gasteiger partial charge in [0.05, 0.1) is 7.11 Å². The summed E-state index contributed by atoms with van der Waals surface area (Å²) >= 11 is 0. The molecular formula is C18H18F3N3O3. The van der Waals surface area contributed by atoms with Gasteiger partial charge in [-0.1, -0.05) is 18.2 Å². The summed E-state index contributed by atoms with van der Waals surface area (Å²) in [5, 5.41) is 2.59. The Balaban J connectivity index is 1.61. The third-order valence-corrected chi connectivity index (χ3v) is 4.05. The van der Waals surface area contributed by atoms with Crippen molar-refractivity contribution in [3.63, 3.8) is 0 Å². The number of amides is 1. The average Bonchev–Trinajstić information content (AvgIpc) is 3.11. The minimum Gasteiger partial charge on any atom is -0.497 e. The van der Waals surface area contributed by atoms with E-state index in [1.54, 1.807) is 7.11 Å². The lowest BCUT2D eigenvalue weighted by Gasteiger charge is -2.13. The van der Waals surface area contributed by atoms with Gasteiger partial charge in [-0.05, 0) is 36.2 Å². The van der Waals surface area contributed by atoms with Crippen molar-refractivity contribution >= 4 is 11.6 Å². The van der Waals surface area contributed by atoms with Crippen molar-refractivity contribution in [1.29, 1.82) is 0 Å². The molecule has 1 fully saturated rings. The highest BCUT2D eigenvalue weighted by atomic mass is 19.4. The van der Waals surface area contributed by atoms with E-state index in [4.69, 9.17) is 4.74 Å². The van der Waals surface area contributed by atoms with Crippen LogP contribution in [-0.4, -0.2) is 25.4 Å². The van der Waals surface area contributed by atoms with E-state index in [-0.39, 0.29) is 17.6 Å². The molecule has 0 aliphatic carbocycles. The van der Waals surface area contributed by atoms with E-state index in [0.717, 1.165) is 17.7 Å². The van der Waals surface area contributed by atoms with Gasteiger partial charge in [0.1, 0.15) is 17.5 Å². The molecular weight excluding hydrogens is 363 g/mol. The molecule has 3 rings (SSSR count). The highest BCUT2D eigenvalue weighted by Gasteiger charge is 2.32. The molecule has 27 heavy (non-hydrogen) atoms. The van der Waals surface area contributed by atoms with Crippen molar-refractivity contribution in [2.75, 3.05) is 12.4 Å². The number of halogens is 3. The predicted octanol–water partition coefficient (Wildman–Crippen LogP) is 3.14. The van der Waals surface area contributed by atoms with Gasteiger partial charge in [0.15, 0.2) is 0 Å². The highest BCUT2D eigenvalue weighted by Crippen LogP contribution is 2.27. The van der Waals surface area contributed by atoms with Crippen LogP contribution in [0.2, 0.25) is 0 Å². The number of hydrazine groups is 1. The predicted molar refractivity (Wildman–Crippen MR) is 92.2 cm³/mol. The van der Waals surface area contributed by atoms with Crippen LogP contribution in [0.15, 0.2) is 48.5 Å². The van der Waals surface area contributed by atoms with Crippen LogP contribution in [0.25, 0.3) is 0 Å². The summed E-state index contributed by atoms with van der Waals surface area (Å²) in [5.41, 5.74) is 7.12. The standard InChI is InChI=1S/C18H18F3N3O3/c1-26-13-6-2-4-11(8-13)15-10-16(24-23-15)17(25)22-12-5-3-7-14(9-12)27-18(19,20)21/h2-9,15-16,23-24H,10H2,1H3,(H,22,25). The fraction of sp³-hybridized carbons (Fsp3) is 0.278. The first-order valence-corrected chi connectivity index (χ1v) is 8.16. The number of carbonyl (C=O) groups excluding carboxylic acids is 1. The van der Waals surface area contributed by atoms with E-state index in [0.29, 0.717) is 12.2 Å². The molecule has 0 radical (unpaired) electrons. The quantitative estimate of drug-likeness (QED) is 0.742. The van der Waals surface area contributed by atoms with Crippen molar-refractivity contribution in [3.05, 3.63) is 54.1 Å². The van der Waals surface area contributed by atoms with E-state index in [1.807, 2.05) is 24.3 Å². The Morgan fingerprint density at radius 3 is 2.59 bits per heavy atom. The Bertz CT molecular complexity index is 814. The third kappa shape index (κ3) is 5.11. The van der Waals surface area contributed by atoms with Gasteiger partial charge < -0.3 is 14.8 Å². The fourth-order valence-corrected chi connectivity index (χ4v) is 2.81. The van der Waals surface area contributed by atoms with Crippen LogP contribution in [-0.2, 0) is 4.79 Å². The van der Waals surface area contributed by atoms with Crippen LogP contribution in [0.5, 0.6) is 11.5 Å². The lowest BCUT2D eigenvalue weighted by Crippen LogP contribution is -2.39. The van der Waals surface area contributed by atoms with Gasteiger partial charge in [0.2, 0.25) is 5.91 Å². The molecule has 2 unspecified atom stereocenters. The summed E-state index contributed by atoms with van der Waals surface area (Å²) in [4.78, 5) is 12.4. The molecule has 1 amide bonds. The number of nitrogens with one attached hydrogen (secondary N) is 3. The zero-order chi connectivity index (χ0) is 19.4. The largest absolute Gasteiger partial charge is 0.573 e. The molecule has 1 aliphatic heterocycles. The molecule has 0 spiro atoms. The summed E-state index contributed by atoms with van der Waals surface area (Å²) < 4.78 is 46.0. The Morgan fingerprint density at radius 2 is 1.85 bits per heavy atom. The summed E-state index contributed by atoms with van der Waals surface area (Å²) in [5.74, 6) is -0.0483. The molecule has 1 heterocycles. The molecule has 9 heteroatoms. The molecule has 2 atom stereocenters. The second kappa shape index (κ2) is 7.85. The molecule has 2 aromatic rings. The van der Waals surface area contributed by atoms with Crippen LogP contribution in [0.4, 0.5) is 18.9 Å². The number of benzene rings is 2. The molecule has 3 N–H and O–H groups in total. The maximum atomic E-state index is 12.4. The fourth-order valence-electron chi connectivity index (χ4n) is 2.81. The first-order chi connectivity index (χ1) is 12.8. The van der Waals surface area contributed by atoms with Gasteiger partial charge in [0, 0.05) is 17.8 Å². The second-order valence-electron chi connectivity index (χ2n) is 5.97. The number of methoxy groups -OCH3 is 1. The van der Waals surface area contributed by atoms with Gasteiger partial charge in [-0.2, -0.15) is 0 Å². The van der Waals surface area contributed by atoms with Gasteiger partial charge in [0.25, 0.3) is 0 Å². The Labute approximate surface area is 153 Å². The maximum Gasteiger partial charge on any atom is 0.573 e. The first-order valence-electron chi connectivity index (χ1n) is 8.16. The lowest BCUT2D eigenvalue weighted by molar-refractivity contribution is -0.274. The average molecular weight is 381 g/mol. The molecule has 1 aliphatic rings. The van der Waals surface area contributed by atoms with Gasteiger partial charge in [-0.3, -0.25) is 4.79 Å². The lowest BCUT2D eigenvalue weighted by atomic mass is 10.0. The minimum atomic E-state index is -4.79. The van der Waals surface area contributed by atoms with Gasteiger partial charge >= 0.3 is 6.36 Å². The van der Waals surface area contributed by atoms with Gasteiger partial charge in [-0.25, -0.2) is 10.9 Å². The monoisotopic (exact) mass is 381 g/mol. The number of carbonyl (C=O) groups is 1. The minimum absolute atomic E-state index is 0.101. The van der Waals surface area contributed by atoms with E-state index in [2.05, 4.69) is 20.9 Å². The van der Waals surface area contributed by atoms with Crippen LogP contribution in [0.3, 0.4) is 0 Å². The normalized spacial score (nSPS) is 19.6. The zero-order valence-electron chi connectivity index (χ0n) is 14.3. The maximum absolute atomic E-state index is 12.4. The number of hydrogen-bond acceptors (Lipinski definition) is 5. The van der Waals surface area contributed by atoms with E-state index < -0.39 is 18.2 Å².